The van der Waals surface area contributed by atoms with Crippen molar-refractivity contribution in [1.29, 1.82) is 5.26 Å². The summed E-state index contributed by atoms with van der Waals surface area (Å²) in [5.74, 6) is -0.976. The van der Waals surface area contributed by atoms with Gasteiger partial charge < -0.3 is 14.6 Å². The second-order valence-electron chi connectivity index (χ2n) is 5.80. The third-order valence-corrected chi connectivity index (χ3v) is 4.09. The average molecular weight is 303 g/mol. The van der Waals surface area contributed by atoms with Crippen LogP contribution in [-0.4, -0.2) is 28.1 Å². The molecule has 0 aliphatic heterocycles. The third kappa shape index (κ3) is 3.48. The SMILES string of the molecule is C[C@@H](OC(=O)c1cccn1C)C(=O)NC1(C#N)CCCCC1. The number of carbonyl (C=O) groups is 2. The zero-order chi connectivity index (χ0) is 16.2. The second kappa shape index (κ2) is 6.65. The van der Waals surface area contributed by atoms with E-state index in [1.54, 1.807) is 29.9 Å². The average Bonchev–Trinajstić information content (AvgIpc) is 2.94. The summed E-state index contributed by atoms with van der Waals surface area (Å²) in [7, 11) is 1.73. The number of nitrogens with zero attached hydrogens (tertiary/aromatic N) is 2. The minimum atomic E-state index is -0.936. The van der Waals surface area contributed by atoms with E-state index in [-0.39, 0.29) is 0 Å². The van der Waals surface area contributed by atoms with Crippen LogP contribution in [0.5, 0.6) is 0 Å². The van der Waals surface area contributed by atoms with Gasteiger partial charge in [-0.1, -0.05) is 19.3 Å². The number of aryl methyl sites for hydroxylation is 1. The van der Waals surface area contributed by atoms with Gasteiger partial charge in [0, 0.05) is 13.2 Å². The molecule has 1 aliphatic carbocycles. The summed E-state index contributed by atoms with van der Waals surface area (Å²) in [6, 6.07) is 5.58. The summed E-state index contributed by atoms with van der Waals surface area (Å²) < 4.78 is 6.82. The molecule has 1 heterocycles. The first-order chi connectivity index (χ1) is 10.5. The highest BCUT2D eigenvalue weighted by atomic mass is 16.5. The number of carbonyl (C=O) groups excluding carboxylic acids is 2. The molecule has 1 saturated carbocycles. The molecule has 0 unspecified atom stereocenters. The summed E-state index contributed by atoms with van der Waals surface area (Å²) in [5, 5.41) is 12.1. The van der Waals surface area contributed by atoms with Crippen LogP contribution in [0.2, 0.25) is 0 Å². The van der Waals surface area contributed by atoms with E-state index in [0.717, 1.165) is 19.3 Å². The summed E-state index contributed by atoms with van der Waals surface area (Å²) in [6.45, 7) is 1.52. The van der Waals surface area contributed by atoms with E-state index >= 15 is 0 Å². The van der Waals surface area contributed by atoms with Crippen molar-refractivity contribution in [3.05, 3.63) is 24.0 Å². The van der Waals surface area contributed by atoms with Crippen molar-refractivity contribution in [2.45, 2.75) is 50.7 Å². The predicted octanol–water partition coefficient (Wildman–Crippen LogP) is 1.91. The van der Waals surface area contributed by atoms with Crippen molar-refractivity contribution >= 4 is 11.9 Å². The normalized spacial score (nSPS) is 18.0. The van der Waals surface area contributed by atoms with E-state index in [1.165, 1.54) is 6.92 Å². The number of esters is 1. The Bertz CT molecular complexity index is 594. The van der Waals surface area contributed by atoms with Crippen LogP contribution in [0.3, 0.4) is 0 Å². The lowest BCUT2D eigenvalue weighted by Gasteiger charge is -2.32. The molecule has 1 amide bonds. The number of rotatable bonds is 4. The number of aromatic nitrogens is 1. The lowest BCUT2D eigenvalue weighted by atomic mass is 9.83. The molecule has 0 radical (unpaired) electrons. The molecule has 6 heteroatoms. The zero-order valence-electron chi connectivity index (χ0n) is 13.0. The molecule has 118 valence electrons. The Kier molecular flexibility index (Phi) is 4.86. The highest BCUT2D eigenvalue weighted by Crippen LogP contribution is 2.27. The van der Waals surface area contributed by atoms with E-state index < -0.39 is 23.5 Å². The van der Waals surface area contributed by atoms with Gasteiger partial charge in [0.1, 0.15) is 11.2 Å². The number of amides is 1. The minimum Gasteiger partial charge on any atom is -0.448 e. The van der Waals surface area contributed by atoms with Crippen LogP contribution < -0.4 is 5.32 Å². The van der Waals surface area contributed by atoms with E-state index in [4.69, 9.17) is 4.74 Å². The van der Waals surface area contributed by atoms with E-state index in [2.05, 4.69) is 11.4 Å². The van der Waals surface area contributed by atoms with E-state index in [0.29, 0.717) is 18.5 Å². The number of nitriles is 1. The van der Waals surface area contributed by atoms with Crippen molar-refractivity contribution < 1.29 is 14.3 Å². The molecule has 1 aliphatic rings. The van der Waals surface area contributed by atoms with Gasteiger partial charge >= 0.3 is 5.97 Å². The van der Waals surface area contributed by atoms with Gasteiger partial charge in [-0.2, -0.15) is 5.26 Å². The molecule has 1 N–H and O–H groups in total. The van der Waals surface area contributed by atoms with Crippen LogP contribution >= 0.6 is 0 Å². The lowest BCUT2D eigenvalue weighted by molar-refractivity contribution is -0.130. The Morgan fingerprint density at radius 1 is 1.41 bits per heavy atom. The van der Waals surface area contributed by atoms with Gasteiger partial charge in [0.05, 0.1) is 6.07 Å². The molecular weight excluding hydrogens is 282 g/mol. The third-order valence-electron chi connectivity index (χ3n) is 4.09. The fraction of sp³-hybridized carbons (Fsp3) is 0.562. The molecule has 0 saturated heterocycles. The lowest BCUT2D eigenvalue weighted by Crippen LogP contribution is -2.52. The number of hydrogen-bond donors (Lipinski definition) is 1. The maximum Gasteiger partial charge on any atom is 0.355 e. The standard InChI is InChI=1S/C16H21N3O3/c1-12(22-15(21)13-7-6-10-19(13)2)14(20)18-16(11-17)8-4-3-5-9-16/h6-7,10,12H,3-5,8-9H2,1-2H3,(H,18,20)/t12-/m1/s1. The summed E-state index contributed by atoms with van der Waals surface area (Å²) >= 11 is 0. The van der Waals surface area contributed by atoms with Crippen molar-refractivity contribution in [2.75, 3.05) is 0 Å². The van der Waals surface area contributed by atoms with Crippen LogP contribution in [0.15, 0.2) is 18.3 Å². The van der Waals surface area contributed by atoms with Gasteiger partial charge in [0.15, 0.2) is 6.10 Å². The van der Waals surface area contributed by atoms with Crippen LogP contribution in [-0.2, 0) is 16.6 Å². The molecule has 1 aromatic rings. The Labute approximate surface area is 130 Å². The van der Waals surface area contributed by atoms with E-state index in [9.17, 15) is 14.9 Å². The summed E-state index contributed by atoms with van der Waals surface area (Å²) in [4.78, 5) is 24.2. The van der Waals surface area contributed by atoms with Crippen LogP contribution in [0.4, 0.5) is 0 Å². The molecule has 1 atom stereocenters. The van der Waals surface area contributed by atoms with Gasteiger partial charge in [-0.25, -0.2) is 4.79 Å². The summed E-state index contributed by atoms with van der Waals surface area (Å²) in [5.41, 5.74) is -0.437. The predicted molar refractivity (Wildman–Crippen MR) is 79.9 cm³/mol. The van der Waals surface area contributed by atoms with Crippen molar-refractivity contribution in [3.63, 3.8) is 0 Å². The second-order valence-corrected chi connectivity index (χ2v) is 5.80. The maximum absolute atomic E-state index is 12.2. The van der Waals surface area contributed by atoms with Crippen molar-refractivity contribution in [2.24, 2.45) is 7.05 Å². The molecule has 1 fully saturated rings. The van der Waals surface area contributed by atoms with Gasteiger partial charge in [-0.15, -0.1) is 0 Å². The monoisotopic (exact) mass is 303 g/mol. The molecule has 0 spiro atoms. The first kappa shape index (κ1) is 16.1. The van der Waals surface area contributed by atoms with Crippen LogP contribution in [0.25, 0.3) is 0 Å². The molecule has 22 heavy (non-hydrogen) atoms. The fourth-order valence-electron chi connectivity index (χ4n) is 2.71. The van der Waals surface area contributed by atoms with Crippen LogP contribution in [0.1, 0.15) is 49.5 Å². The van der Waals surface area contributed by atoms with Gasteiger partial charge in [0.25, 0.3) is 5.91 Å². The smallest absolute Gasteiger partial charge is 0.355 e. The first-order valence-electron chi connectivity index (χ1n) is 7.53. The number of hydrogen-bond acceptors (Lipinski definition) is 4. The van der Waals surface area contributed by atoms with Crippen molar-refractivity contribution in [3.8, 4) is 6.07 Å². The van der Waals surface area contributed by atoms with Gasteiger partial charge in [-0.3, -0.25) is 4.79 Å². The Morgan fingerprint density at radius 3 is 2.64 bits per heavy atom. The zero-order valence-corrected chi connectivity index (χ0v) is 13.0. The van der Waals surface area contributed by atoms with Crippen molar-refractivity contribution in [1.82, 2.24) is 9.88 Å². The first-order valence-corrected chi connectivity index (χ1v) is 7.53. The molecule has 2 rings (SSSR count). The molecule has 6 nitrogen and oxygen atoms in total. The Hall–Kier alpha value is -2.29. The van der Waals surface area contributed by atoms with Gasteiger partial charge in [0.2, 0.25) is 0 Å². The number of nitrogens with one attached hydrogen (secondary N) is 1. The molecule has 0 aromatic carbocycles. The quantitative estimate of drug-likeness (QED) is 0.861. The topological polar surface area (TPSA) is 84.1 Å². The largest absolute Gasteiger partial charge is 0.448 e. The fourth-order valence-corrected chi connectivity index (χ4v) is 2.71. The van der Waals surface area contributed by atoms with Crippen LogP contribution in [0, 0.1) is 11.3 Å². The number of ether oxygens (including phenoxy) is 1. The molecule has 1 aromatic heterocycles. The highest BCUT2D eigenvalue weighted by molar-refractivity contribution is 5.91. The summed E-state index contributed by atoms with van der Waals surface area (Å²) in [6.07, 6.45) is 5.01. The molecular formula is C16H21N3O3. The maximum atomic E-state index is 12.2. The van der Waals surface area contributed by atoms with E-state index in [1.807, 2.05) is 0 Å². The van der Waals surface area contributed by atoms with Gasteiger partial charge in [-0.05, 0) is 31.9 Å². The highest BCUT2D eigenvalue weighted by Gasteiger charge is 2.35. The Morgan fingerprint density at radius 2 is 2.09 bits per heavy atom. The molecule has 0 bridgehead atoms. The minimum absolute atomic E-state index is 0.382. The Balaban J connectivity index is 1.96.